The minimum Gasteiger partial charge on any atom is -0.353 e. The van der Waals surface area contributed by atoms with Crippen LogP contribution < -0.4 is 10.9 Å². The average molecular weight is 441 g/mol. The molecule has 0 radical (unpaired) electrons. The molecule has 2 aromatic rings. The lowest BCUT2D eigenvalue weighted by molar-refractivity contribution is -0.121. The van der Waals surface area contributed by atoms with Gasteiger partial charge in [-0.05, 0) is 31.6 Å². The van der Waals surface area contributed by atoms with Gasteiger partial charge < -0.3 is 14.8 Å². The number of rotatable bonds is 10. The van der Waals surface area contributed by atoms with Crippen molar-refractivity contribution in [2.75, 3.05) is 33.7 Å². The zero-order valence-electron chi connectivity index (χ0n) is 17.2. The molecule has 1 N–H and O–H groups in total. The van der Waals surface area contributed by atoms with Crippen molar-refractivity contribution in [1.29, 1.82) is 0 Å². The van der Waals surface area contributed by atoms with Gasteiger partial charge in [-0.15, -0.1) is 11.3 Å². The molecule has 2 heterocycles. The average Bonchev–Trinajstić information content (AvgIpc) is 3.18. The van der Waals surface area contributed by atoms with Gasteiger partial charge in [0.05, 0.1) is 10.9 Å². The fourth-order valence-electron chi connectivity index (χ4n) is 2.94. The number of hydrogen-bond donors (Lipinski definition) is 1. The molecular weight excluding hydrogens is 412 g/mol. The first-order chi connectivity index (χ1) is 13.7. The van der Waals surface area contributed by atoms with Crippen LogP contribution in [0.3, 0.4) is 0 Å². The number of aromatic nitrogens is 1. The number of carbonyl (C=O) groups excluding carboxylic acids is 1. The molecule has 1 amide bonds. The Bertz CT molecular complexity index is 964. The zero-order valence-corrected chi connectivity index (χ0v) is 18.8. The van der Waals surface area contributed by atoms with Crippen LogP contribution in [-0.4, -0.2) is 61.8 Å². The van der Waals surface area contributed by atoms with E-state index in [4.69, 9.17) is 0 Å². The van der Waals surface area contributed by atoms with Crippen LogP contribution in [-0.2, 0) is 21.4 Å². The van der Waals surface area contributed by atoms with Gasteiger partial charge in [0.1, 0.15) is 6.54 Å². The van der Waals surface area contributed by atoms with E-state index in [0.717, 1.165) is 9.44 Å². The molecule has 1 atom stereocenters. The molecule has 0 spiro atoms. The number of pyridine rings is 1. The predicted octanol–water partition coefficient (Wildman–Crippen LogP) is 1.36. The van der Waals surface area contributed by atoms with Gasteiger partial charge in [-0.3, -0.25) is 9.59 Å². The molecule has 0 aliphatic rings. The molecule has 2 rings (SSSR count). The summed E-state index contributed by atoms with van der Waals surface area (Å²) in [4.78, 5) is 27.7. The first-order valence-electron chi connectivity index (χ1n) is 9.37. The van der Waals surface area contributed by atoms with E-state index in [-0.39, 0.29) is 23.4 Å². The van der Waals surface area contributed by atoms with E-state index in [9.17, 15) is 18.0 Å². The molecule has 29 heavy (non-hydrogen) atoms. The van der Waals surface area contributed by atoms with Crippen LogP contribution in [0.2, 0.25) is 0 Å². The van der Waals surface area contributed by atoms with Crippen LogP contribution in [0.1, 0.15) is 24.8 Å². The first kappa shape index (κ1) is 23.3. The van der Waals surface area contributed by atoms with Crippen molar-refractivity contribution in [3.8, 4) is 0 Å². The summed E-state index contributed by atoms with van der Waals surface area (Å²) >= 11 is 1.61. The third-order valence-corrected chi connectivity index (χ3v) is 7.61. The highest BCUT2D eigenvalue weighted by atomic mass is 32.2. The lowest BCUT2D eigenvalue weighted by Gasteiger charge is -2.23. The highest BCUT2D eigenvalue weighted by Crippen LogP contribution is 2.22. The molecule has 8 nitrogen and oxygen atoms in total. The smallest absolute Gasteiger partial charge is 0.251 e. The number of nitrogens with zero attached hydrogens (tertiary/aromatic N) is 3. The number of nitrogens with one attached hydrogen (secondary N) is 1. The summed E-state index contributed by atoms with van der Waals surface area (Å²) in [6.07, 6.45) is 1.23. The van der Waals surface area contributed by atoms with Crippen molar-refractivity contribution >= 4 is 27.3 Å². The van der Waals surface area contributed by atoms with Crippen LogP contribution >= 0.6 is 11.3 Å². The highest BCUT2D eigenvalue weighted by molar-refractivity contribution is 7.89. The number of thiophene rings is 1. The van der Waals surface area contributed by atoms with Gasteiger partial charge in [0, 0.05) is 36.8 Å². The monoisotopic (exact) mass is 440 g/mol. The van der Waals surface area contributed by atoms with Crippen LogP contribution in [0.15, 0.2) is 45.5 Å². The van der Waals surface area contributed by atoms with Gasteiger partial charge in [0.15, 0.2) is 0 Å². The second kappa shape index (κ2) is 10.1. The minimum absolute atomic E-state index is 0.00152. The molecule has 0 aliphatic carbocycles. The summed E-state index contributed by atoms with van der Waals surface area (Å²) in [6.45, 7) is 4.29. The Morgan fingerprint density at radius 2 is 1.90 bits per heavy atom. The third kappa shape index (κ3) is 5.75. The fraction of sp³-hybridized carbons (Fsp3) is 0.474. The van der Waals surface area contributed by atoms with Crippen LogP contribution in [0.25, 0.3) is 0 Å². The Morgan fingerprint density at radius 3 is 2.45 bits per heavy atom. The van der Waals surface area contributed by atoms with E-state index in [1.807, 2.05) is 36.5 Å². The number of sulfonamides is 1. The summed E-state index contributed by atoms with van der Waals surface area (Å²) < 4.78 is 27.8. The lowest BCUT2D eigenvalue weighted by Crippen LogP contribution is -2.38. The molecule has 0 aliphatic heterocycles. The topological polar surface area (TPSA) is 91.7 Å². The van der Waals surface area contributed by atoms with Crippen LogP contribution in [0.5, 0.6) is 0 Å². The maximum Gasteiger partial charge on any atom is 0.251 e. The Kier molecular flexibility index (Phi) is 8.14. The molecule has 0 fully saturated rings. The van der Waals surface area contributed by atoms with Crippen molar-refractivity contribution in [2.24, 2.45) is 0 Å². The molecule has 1 unspecified atom stereocenters. The standard InChI is InChI=1S/C19H28N4O4S2/c1-5-23(6-2)29(26,27)15-9-10-19(25)22(13-15)14-18(24)20-12-16(21(3)4)17-8-7-11-28-17/h7-11,13,16H,5-6,12,14H2,1-4H3,(H,20,24). The second-order valence-corrected chi connectivity index (χ2v) is 9.64. The van der Waals surface area contributed by atoms with E-state index in [0.29, 0.717) is 19.6 Å². The number of hydrogen-bond acceptors (Lipinski definition) is 6. The molecule has 0 bridgehead atoms. The van der Waals surface area contributed by atoms with Crippen molar-refractivity contribution in [1.82, 2.24) is 19.1 Å². The zero-order chi connectivity index (χ0) is 21.6. The second-order valence-electron chi connectivity index (χ2n) is 6.72. The van der Waals surface area contributed by atoms with E-state index < -0.39 is 15.6 Å². The first-order valence-corrected chi connectivity index (χ1v) is 11.7. The molecule has 160 valence electrons. The Balaban J connectivity index is 2.13. The molecule has 0 saturated heterocycles. The number of amides is 1. The summed E-state index contributed by atoms with van der Waals surface area (Å²) in [5.74, 6) is -0.354. The third-order valence-electron chi connectivity index (χ3n) is 4.60. The van der Waals surface area contributed by atoms with E-state index >= 15 is 0 Å². The molecule has 0 saturated carbocycles. The molecule has 10 heteroatoms. The van der Waals surface area contributed by atoms with Gasteiger partial charge >= 0.3 is 0 Å². The maximum absolute atomic E-state index is 12.7. The van der Waals surface area contributed by atoms with Gasteiger partial charge in [-0.2, -0.15) is 4.31 Å². The van der Waals surface area contributed by atoms with Crippen molar-refractivity contribution < 1.29 is 13.2 Å². The molecular formula is C19H28N4O4S2. The summed E-state index contributed by atoms with van der Waals surface area (Å²) in [6, 6.07) is 6.44. The number of carbonyl (C=O) groups is 1. The Hall–Kier alpha value is -2.01. The van der Waals surface area contributed by atoms with Crippen LogP contribution in [0.4, 0.5) is 0 Å². The Morgan fingerprint density at radius 1 is 1.21 bits per heavy atom. The molecule has 2 aromatic heterocycles. The summed E-state index contributed by atoms with van der Waals surface area (Å²) in [7, 11) is 0.160. The van der Waals surface area contributed by atoms with E-state index in [2.05, 4.69) is 5.32 Å². The Labute approximate surface area is 175 Å². The predicted molar refractivity (Wildman–Crippen MR) is 115 cm³/mol. The summed E-state index contributed by atoms with van der Waals surface area (Å²) in [5, 5.41) is 4.82. The molecule has 0 aromatic carbocycles. The van der Waals surface area contributed by atoms with Gasteiger partial charge in [-0.25, -0.2) is 8.42 Å². The minimum atomic E-state index is -3.71. The van der Waals surface area contributed by atoms with Crippen molar-refractivity contribution in [3.05, 3.63) is 51.1 Å². The van der Waals surface area contributed by atoms with E-state index in [1.165, 1.54) is 22.6 Å². The van der Waals surface area contributed by atoms with E-state index in [1.54, 1.807) is 25.2 Å². The normalized spacial score (nSPS) is 13.0. The highest BCUT2D eigenvalue weighted by Gasteiger charge is 2.23. The maximum atomic E-state index is 12.7. The largest absolute Gasteiger partial charge is 0.353 e. The summed E-state index contributed by atoms with van der Waals surface area (Å²) in [5.41, 5.74) is -0.430. The quantitative estimate of drug-likeness (QED) is 0.602. The SMILES string of the molecule is CCN(CC)S(=O)(=O)c1ccc(=O)n(CC(=O)NCC(c2cccs2)N(C)C)c1. The number of likely N-dealkylation sites (N-methyl/N-ethyl adjacent to an activating group) is 1. The van der Waals surface area contributed by atoms with Crippen molar-refractivity contribution in [2.45, 2.75) is 31.3 Å². The van der Waals surface area contributed by atoms with Crippen LogP contribution in [0, 0.1) is 0 Å². The van der Waals surface area contributed by atoms with Gasteiger partial charge in [0.2, 0.25) is 15.9 Å². The van der Waals surface area contributed by atoms with Gasteiger partial charge in [-0.1, -0.05) is 19.9 Å². The van der Waals surface area contributed by atoms with Crippen molar-refractivity contribution in [3.63, 3.8) is 0 Å². The lowest BCUT2D eigenvalue weighted by atomic mass is 10.2. The fourth-order valence-corrected chi connectivity index (χ4v) is 5.34. The van der Waals surface area contributed by atoms with Gasteiger partial charge in [0.25, 0.3) is 5.56 Å².